The maximum absolute atomic E-state index is 15.1. The highest BCUT2D eigenvalue weighted by molar-refractivity contribution is 8.13. The van der Waals surface area contributed by atoms with Crippen LogP contribution < -0.4 is 11.1 Å². The fourth-order valence-corrected chi connectivity index (χ4v) is 5.20. The molecule has 3 heterocycles. The number of rotatable bonds is 4. The van der Waals surface area contributed by atoms with Crippen molar-refractivity contribution in [1.82, 2.24) is 4.98 Å². The van der Waals surface area contributed by atoms with Gasteiger partial charge in [-0.05, 0) is 44.2 Å². The van der Waals surface area contributed by atoms with E-state index >= 15 is 4.39 Å². The number of amides is 1. The number of carbonyl (C=O) groups is 1. The van der Waals surface area contributed by atoms with Crippen LogP contribution in [0, 0.1) is 23.1 Å². The Morgan fingerprint density at radius 3 is 2.84 bits per heavy atom. The molecule has 32 heavy (non-hydrogen) atoms. The summed E-state index contributed by atoms with van der Waals surface area (Å²) in [6.07, 6.45) is 0.507. The monoisotopic (exact) mass is 457 g/mol. The minimum atomic E-state index is -1.65. The fourth-order valence-electron chi connectivity index (χ4n) is 4.17. The van der Waals surface area contributed by atoms with Crippen LogP contribution in [0.2, 0.25) is 0 Å². The third-order valence-electron chi connectivity index (χ3n) is 5.67. The Morgan fingerprint density at radius 2 is 2.19 bits per heavy atom. The number of amidine groups is 1. The predicted molar refractivity (Wildman–Crippen MR) is 117 cm³/mol. The number of nitrogens with one attached hydrogen (secondary N) is 1. The summed E-state index contributed by atoms with van der Waals surface area (Å²) in [7, 11) is 0. The van der Waals surface area contributed by atoms with Crippen LogP contribution in [0.1, 0.15) is 35.5 Å². The SMILES string of the molecule is CC(C)(F)C1OC[C@]2(c3cc(NC(=O)c4ccc(C#N)cn4)ccc3F)N=C(N)SC[C@H]12. The molecule has 166 valence electrons. The van der Waals surface area contributed by atoms with Crippen molar-refractivity contribution in [2.45, 2.75) is 31.2 Å². The highest BCUT2D eigenvalue weighted by Crippen LogP contribution is 2.51. The topological polar surface area (TPSA) is 113 Å². The molecular weight excluding hydrogens is 436 g/mol. The van der Waals surface area contributed by atoms with E-state index in [9.17, 15) is 9.18 Å². The number of alkyl halides is 1. The minimum absolute atomic E-state index is 0.0254. The van der Waals surface area contributed by atoms with Gasteiger partial charge in [-0.2, -0.15) is 5.26 Å². The number of aliphatic imine (C=N–C) groups is 1. The minimum Gasteiger partial charge on any atom is -0.379 e. The van der Waals surface area contributed by atoms with E-state index in [0.717, 1.165) is 0 Å². The number of nitrogens with zero attached hydrogens (tertiary/aromatic N) is 3. The maximum atomic E-state index is 15.1. The molecular formula is C22H21F2N5O2S. The smallest absolute Gasteiger partial charge is 0.274 e. The Hall–Kier alpha value is -3.03. The van der Waals surface area contributed by atoms with Gasteiger partial charge in [0.25, 0.3) is 5.91 Å². The fraction of sp³-hybridized carbons (Fsp3) is 0.364. The summed E-state index contributed by atoms with van der Waals surface area (Å²) in [6, 6.07) is 8.96. The number of aromatic nitrogens is 1. The van der Waals surface area contributed by atoms with Crippen LogP contribution in [0.5, 0.6) is 0 Å². The average Bonchev–Trinajstić information content (AvgIpc) is 3.15. The molecule has 1 amide bonds. The number of nitriles is 1. The third-order valence-corrected chi connectivity index (χ3v) is 6.59. The lowest BCUT2D eigenvalue weighted by Crippen LogP contribution is -2.46. The zero-order valence-corrected chi connectivity index (χ0v) is 18.2. The normalized spacial score (nSPS) is 24.9. The Labute approximate surface area is 188 Å². The first-order valence-corrected chi connectivity index (χ1v) is 10.9. The van der Waals surface area contributed by atoms with Gasteiger partial charge in [-0.3, -0.25) is 4.79 Å². The summed E-state index contributed by atoms with van der Waals surface area (Å²) in [5.41, 5.74) is 4.06. The number of hydrogen-bond acceptors (Lipinski definition) is 7. The van der Waals surface area contributed by atoms with E-state index in [1.54, 1.807) is 0 Å². The molecule has 2 aliphatic heterocycles. The number of fused-ring (bicyclic) bond motifs is 1. The van der Waals surface area contributed by atoms with Crippen LogP contribution in [0.25, 0.3) is 0 Å². The van der Waals surface area contributed by atoms with E-state index in [1.165, 1.54) is 62.1 Å². The first kappa shape index (κ1) is 22.2. The number of benzene rings is 1. The number of thioether (sulfide) groups is 1. The van der Waals surface area contributed by atoms with Gasteiger partial charge in [-0.15, -0.1) is 0 Å². The lowest BCUT2D eigenvalue weighted by atomic mass is 9.75. The predicted octanol–water partition coefficient (Wildman–Crippen LogP) is 3.36. The summed E-state index contributed by atoms with van der Waals surface area (Å²) in [4.78, 5) is 21.1. The Balaban J connectivity index is 1.69. The van der Waals surface area contributed by atoms with Gasteiger partial charge < -0.3 is 15.8 Å². The van der Waals surface area contributed by atoms with E-state index in [0.29, 0.717) is 17.0 Å². The quantitative estimate of drug-likeness (QED) is 0.728. The highest BCUT2D eigenvalue weighted by atomic mass is 32.2. The van der Waals surface area contributed by atoms with E-state index in [-0.39, 0.29) is 23.0 Å². The number of nitrogens with two attached hydrogens (primary N) is 1. The molecule has 1 aromatic heterocycles. The van der Waals surface area contributed by atoms with Crippen molar-refractivity contribution in [3.05, 3.63) is 59.2 Å². The summed E-state index contributed by atoms with van der Waals surface area (Å²) < 4.78 is 35.7. The Morgan fingerprint density at radius 1 is 1.41 bits per heavy atom. The van der Waals surface area contributed by atoms with Crippen molar-refractivity contribution >= 4 is 28.5 Å². The third kappa shape index (κ3) is 3.94. The van der Waals surface area contributed by atoms with Crippen LogP contribution in [-0.2, 0) is 10.3 Å². The molecule has 0 aliphatic carbocycles. The second kappa shape index (κ2) is 8.15. The molecule has 10 heteroatoms. The number of hydrogen-bond donors (Lipinski definition) is 2. The lowest BCUT2D eigenvalue weighted by Gasteiger charge is -2.38. The molecule has 2 aromatic rings. The van der Waals surface area contributed by atoms with Crippen molar-refractivity contribution < 1.29 is 18.3 Å². The zero-order chi connectivity index (χ0) is 23.1. The second-order valence-corrected chi connectivity index (χ2v) is 9.32. The average molecular weight is 458 g/mol. The van der Waals surface area contributed by atoms with Crippen LogP contribution in [0.15, 0.2) is 41.5 Å². The molecule has 1 saturated heterocycles. The number of carbonyl (C=O) groups excluding carboxylic acids is 1. The maximum Gasteiger partial charge on any atom is 0.274 e. The van der Waals surface area contributed by atoms with Crippen LogP contribution in [0.4, 0.5) is 14.5 Å². The van der Waals surface area contributed by atoms with Crippen LogP contribution in [-0.4, -0.2) is 40.2 Å². The summed E-state index contributed by atoms with van der Waals surface area (Å²) >= 11 is 1.29. The molecule has 1 fully saturated rings. The number of anilines is 1. The van der Waals surface area contributed by atoms with E-state index < -0.39 is 35.0 Å². The molecule has 3 N–H and O–H groups in total. The Bertz CT molecular complexity index is 1130. The zero-order valence-electron chi connectivity index (χ0n) is 17.4. The largest absolute Gasteiger partial charge is 0.379 e. The molecule has 0 spiro atoms. The number of ether oxygens (including phenoxy) is 1. The van der Waals surface area contributed by atoms with Gasteiger partial charge in [0.05, 0.1) is 18.3 Å². The van der Waals surface area contributed by atoms with Gasteiger partial charge in [0, 0.05) is 29.1 Å². The first-order valence-electron chi connectivity index (χ1n) is 9.90. The summed E-state index contributed by atoms with van der Waals surface area (Å²) in [5.74, 6) is -1.08. The van der Waals surface area contributed by atoms with Crippen molar-refractivity contribution in [2.24, 2.45) is 16.6 Å². The lowest BCUT2D eigenvalue weighted by molar-refractivity contribution is -0.0205. The van der Waals surface area contributed by atoms with Gasteiger partial charge in [0.2, 0.25) is 0 Å². The number of halogens is 2. The van der Waals surface area contributed by atoms with Gasteiger partial charge >= 0.3 is 0 Å². The summed E-state index contributed by atoms with van der Waals surface area (Å²) in [5, 5.41) is 11.8. The molecule has 0 bridgehead atoms. The van der Waals surface area contributed by atoms with E-state index in [2.05, 4.69) is 15.3 Å². The van der Waals surface area contributed by atoms with Gasteiger partial charge in [-0.1, -0.05) is 11.8 Å². The van der Waals surface area contributed by atoms with E-state index in [1.807, 2.05) is 6.07 Å². The molecule has 1 aromatic carbocycles. The van der Waals surface area contributed by atoms with Crippen molar-refractivity contribution in [3.63, 3.8) is 0 Å². The second-order valence-electron chi connectivity index (χ2n) is 8.28. The molecule has 0 radical (unpaired) electrons. The van der Waals surface area contributed by atoms with Crippen LogP contribution in [0.3, 0.4) is 0 Å². The van der Waals surface area contributed by atoms with Gasteiger partial charge in [-0.25, -0.2) is 18.8 Å². The standard InChI is InChI=1S/C22H21F2N5O2S/c1-21(2,24)18-15-10-32-20(26)29-22(15,11-31-18)14-7-13(4-5-16(14)23)28-19(30)17-6-3-12(8-25)9-27-17/h3-7,9,15,18H,10-11H2,1-2H3,(H2,26,29)(H,28,30)/t15-,18?,22-/m1/s1. The molecule has 1 unspecified atom stereocenters. The highest BCUT2D eigenvalue weighted by Gasteiger charge is 2.58. The molecule has 2 aliphatic rings. The van der Waals surface area contributed by atoms with Crippen molar-refractivity contribution in [2.75, 3.05) is 17.7 Å². The Kier molecular flexibility index (Phi) is 5.65. The van der Waals surface area contributed by atoms with Crippen molar-refractivity contribution in [1.29, 1.82) is 5.26 Å². The molecule has 3 atom stereocenters. The first-order chi connectivity index (χ1) is 15.1. The van der Waals surface area contributed by atoms with Crippen LogP contribution >= 0.6 is 11.8 Å². The van der Waals surface area contributed by atoms with Gasteiger partial charge in [0.15, 0.2) is 5.17 Å². The van der Waals surface area contributed by atoms with Gasteiger partial charge in [0.1, 0.15) is 28.8 Å². The van der Waals surface area contributed by atoms with E-state index in [4.69, 9.17) is 15.7 Å². The summed E-state index contributed by atoms with van der Waals surface area (Å²) in [6.45, 7) is 2.83. The number of pyridine rings is 1. The molecule has 4 rings (SSSR count). The molecule has 0 saturated carbocycles. The van der Waals surface area contributed by atoms with Crippen molar-refractivity contribution in [3.8, 4) is 6.07 Å². The molecule has 7 nitrogen and oxygen atoms in total.